The number of non-ortho nitro benzene ring substituents is 1. The smallest absolute Gasteiger partial charge is 0.270 e. The molecule has 3 aromatic rings. The van der Waals surface area contributed by atoms with Gasteiger partial charge in [0.25, 0.3) is 14.0 Å². The summed E-state index contributed by atoms with van der Waals surface area (Å²) in [6, 6.07) is 22.5. The van der Waals surface area contributed by atoms with Gasteiger partial charge in [0, 0.05) is 25.3 Å². The van der Waals surface area contributed by atoms with Gasteiger partial charge in [-0.1, -0.05) is 81.4 Å². The lowest BCUT2D eigenvalue weighted by atomic mass is 10.2. The van der Waals surface area contributed by atoms with Gasteiger partial charge in [-0.3, -0.25) is 10.1 Å². The van der Waals surface area contributed by atoms with E-state index in [0.29, 0.717) is 6.42 Å². The molecule has 10 heteroatoms. The molecule has 35 heavy (non-hydrogen) atoms. The SMILES string of the molecule is CC(C)(C)[Si](OCCCNS(=O)(=O)c1cc([N+](=O)[O-])ccc1F)(c1ccccc1)c1ccccc1. The van der Waals surface area contributed by atoms with Gasteiger partial charge in [-0.05, 0) is 27.9 Å². The van der Waals surface area contributed by atoms with Crippen molar-refractivity contribution in [2.24, 2.45) is 0 Å². The Hall–Kier alpha value is -2.92. The minimum atomic E-state index is -4.27. The van der Waals surface area contributed by atoms with E-state index in [1.807, 2.05) is 36.4 Å². The molecule has 0 amide bonds. The topological polar surface area (TPSA) is 98.5 Å². The monoisotopic (exact) mass is 516 g/mol. The van der Waals surface area contributed by atoms with E-state index in [1.165, 1.54) is 0 Å². The molecule has 1 N–H and O–H groups in total. The number of nitro benzene ring substituents is 1. The van der Waals surface area contributed by atoms with Crippen molar-refractivity contribution in [3.63, 3.8) is 0 Å². The summed E-state index contributed by atoms with van der Waals surface area (Å²) in [7, 11) is -7.02. The Morgan fingerprint density at radius 3 is 2.00 bits per heavy atom. The molecule has 0 aliphatic rings. The van der Waals surface area contributed by atoms with Gasteiger partial charge in [-0.2, -0.15) is 0 Å². The second-order valence-electron chi connectivity index (χ2n) is 9.13. The van der Waals surface area contributed by atoms with Crippen LogP contribution in [-0.4, -0.2) is 34.8 Å². The van der Waals surface area contributed by atoms with Gasteiger partial charge in [0.1, 0.15) is 10.7 Å². The van der Waals surface area contributed by atoms with Crippen LogP contribution in [0.15, 0.2) is 83.8 Å². The standard InChI is InChI=1S/C25H29FN2O5SSi/c1-25(2,3)35(21-11-6-4-7-12-21,22-13-8-5-9-14-22)33-18-10-17-27-34(31,32)24-19-20(28(29)30)15-16-23(24)26/h4-9,11-16,19,27H,10,17-18H2,1-3H3. The lowest BCUT2D eigenvalue weighted by Crippen LogP contribution is -2.66. The maximum atomic E-state index is 14.1. The molecule has 0 aliphatic carbocycles. The van der Waals surface area contributed by atoms with Crippen LogP contribution in [0.1, 0.15) is 27.2 Å². The lowest BCUT2D eigenvalue weighted by molar-refractivity contribution is -0.385. The Labute approximate surface area is 206 Å². The minimum Gasteiger partial charge on any atom is -0.407 e. The Kier molecular flexibility index (Phi) is 8.21. The Bertz CT molecular complexity index is 1230. The van der Waals surface area contributed by atoms with Gasteiger partial charge in [0.2, 0.25) is 10.0 Å². The molecule has 0 atom stereocenters. The van der Waals surface area contributed by atoms with E-state index in [0.717, 1.165) is 28.6 Å². The zero-order valence-electron chi connectivity index (χ0n) is 19.9. The van der Waals surface area contributed by atoms with Crippen LogP contribution in [0, 0.1) is 15.9 Å². The Morgan fingerprint density at radius 1 is 0.971 bits per heavy atom. The molecule has 0 aliphatic heterocycles. The summed E-state index contributed by atoms with van der Waals surface area (Å²) in [4.78, 5) is 9.44. The van der Waals surface area contributed by atoms with Gasteiger partial charge in [-0.15, -0.1) is 0 Å². The fraction of sp³-hybridized carbons (Fsp3) is 0.280. The van der Waals surface area contributed by atoms with Crippen molar-refractivity contribution in [3.05, 3.63) is 94.8 Å². The lowest BCUT2D eigenvalue weighted by Gasteiger charge is -2.43. The highest BCUT2D eigenvalue weighted by Gasteiger charge is 2.49. The molecule has 0 fully saturated rings. The van der Waals surface area contributed by atoms with Crippen molar-refractivity contribution in [2.75, 3.05) is 13.2 Å². The van der Waals surface area contributed by atoms with Gasteiger partial charge in [0.05, 0.1) is 4.92 Å². The fourth-order valence-electron chi connectivity index (χ4n) is 4.15. The number of hydrogen-bond acceptors (Lipinski definition) is 5. The molecule has 3 aromatic carbocycles. The van der Waals surface area contributed by atoms with Crippen molar-refractivity contribution < 1.29 is 22.2 Å². The van der Waals surface area contributed by atoms with Crippen LogP contribution in [0.4, 0.5) is 10.1 Å². The molecular weight excluding hydrogens is 487 g/mol. The molecule has 0 radical (unpaired) electrons. The van der Waals surface area contributed by atoms with Crippen molar-refractivity contribution >= 4 is 34.4 Å². The number of sulfonamides is 1. The first kappa shape index (κ1) is 26.7. The second kappa shape index (κ2) is 10.8. The predicted octanol–water partition coefficient (Wildman–Crippen LogP) is 3.98. The van der Waals surface area contributed by atoms with Crippen LogP contribution in [0.25, 0.3) is 0 Å². The number of nitro groups is 1. The molecular formula is C25H29FN2O5SSi. The van der Waals surface area contributed by atoms with Gasteiger partial charge < -0.3 is 4.43 Å². The third-order valence-corrected chi connectivity index (χ3v) is 12.3. The Balaban J connectivity index is 1.78. The quantitative estimate of drug-likeness (QED) is 0.190. The van der Waals surface area contributed by atoms with Gasteiger partial charge in [0.15, 0.2) is 0 Å². The first-order valence-electron chi connectivity index (χ1n) is 11.2. The summed E-state index contributed by atoms with van der Waals surface area (Å²) in [6.45, 7) is 6.70. The largest absolute Gasteiger partial charge is 0.407 e. The first-order chi connectivity index (χ1) is 16.5. The van der Waals surface area contributed by atoms with Crippen LogP contribution < -0.4 is 15.1 Å². The zero-order chi connectivity index (χ0) is 25.7. The van der Waals surface area contributed by atoms with E-state index >= 15 is 0 Å². The average molecular weight is 517 g/mol. The van der Waals surface area contributed by atoms with Crippen LogP contribution in [-0.2, 0) is 14.4 Å². The maximum Gasteiger partial charge on any atom is 0.270 e. The van der Waals surface area contributed by atoms with Crippen molar-refractivity contribution in [2.45, 2.75) is 37.1 Å². The molecule has 0 saturated carbocycles. The summed E-state index contributed by atoms with van der Waals surface area (Å²) in [5.74, 6) is -1.05. The highest BCUT2D eigenvalue weighted by atomic mass is 32.2. The van der Waals surface area contributed by atoms with Crippen molar-refractivity contribution in [3.8, 4) is 0 Å². The third-order valence-electron chi connectivity index (χ3n) is 5.76. The zero-order valence-corrected chi connectivity index (χ0v) is 21.7. The highest BCUT2D eigenvalue weighted by molar-refractivity contribution is 7.89. The van der Waals surface area contributed by atoms with E-state index in [4.69, 9.17) is 4.43 Å². The fourth-order valence-corrected chi connectivity index (χ4v) is 9.93. The molecule has 3 rings (SSSR count). The van der Waals surface area contributed by atoms with Crippen LogP contribution in [0.3, 0.4) is 0 Å². The molecule has 186 valence electrons. The van der Waals surface area contributed by atoms with E-state index in [1.54, 1.807) is 0 Å². The van der Waals surface area contributed by atoms with Crippen LogP contribution >= 0.6 is 0 Å². The summed E-state index contributed by atoms with van der Waals surface area (Å²) < 4.78 is 48.3. The van der Waals surface area contributed by atoms with Crippen molar-refractivity contribution in [1.82, 2.24) is 4.72 Å². The predicted molar refractivity (Wildman–Crippen MR) is 136 cm³/mol. The molecule has 0 bridgehead atoms. The maximum absolute atomic E-state index is 14.1. The molecule has 7 nitrogen and oxygen atoms in total. The van der Waals surface area contributed by atoms with Gasteiger partial charge >= 0.3 is 0 Å². The number of hydrogen-bond donors (Lipinski definition) is 1. The van der Waals surface area contributed by atoms with E-state index in [2.05, 4.69) is 49.8 Å². The molecule has 0 aromatic heterocycles. The summed E-state index contributed by atoms with van der Waals surface area (Å²) in [5, 5.41) is 13.0. The average Bonchev–Trinajstić information content (AvgIpc) is 2.81. The molecule has 0 spiro atoms. The molecule has 0 saturated heterocycles. The molecule has 0 heterocycles. The second-order valence-corrected chi connectivity index (χ2v) is 15.2. The normalized spacial score (nSPS) is 12.5. The number of halogens is 1. The minimum absolute atomic E-state index is 0.0112. The molecule has 0 unspecified atom stereocenters. The van der Waals surface area contributed by atoms with E-state index < -0.39 is 39.7 Å². The van der Waals surface area contributed by atoms with Crippen LogP contribution in [0.2, 0.25) is 5.04 Å². The summed E-state index contributed by atoms with van der Waals surface area (Å²) >= 11 is 0. The third kappa shape index (κ3) is 5.84. The van der Waals surface area contributed by atoms with E-state index in [9.17, 15) is 22.9 Å². The van der Waals surface area contributed by atoms with Crippen molar-refractivity contribution in [1.29, 1.82) is 0 Å². The summed E-state index contributed by atoms with van der Waals surface area (Å²) in [6.07, 6.45) is 0.334. The number of rotatable bonds is 10. The number of benzene rings is 3. The highest BCUT2D eigenvalue weighted by Crippen LogP contribution is 2.36. The number of nitrogens with one attached hydrogen (secondary N) is 1. The Morgan fingerprint density at radius 2 is 1.51 bits per heavy atom. The van der Waals surface area contributed by atoms with Gasteiger partial charge in [-0.25, -0.2) is 17.5 Å². The number of nitrogens with zero attached hydrogens (tertiary/aromatic N) is 1. The van der Waals surface area contributed by atoms with E-state index in [-0.39, 0.29) is 18.2 Å². The first-order valence-corrected chi connectivity index (χ1v) is 14.6. The van der Waals surface area contributed by atoms with Crippen LogP contribution in [0.5, 0.6) is 0 Å². The summed E-state index contributed by atoms with van der Waals surface area (Å²) in [5.41, 5.74) is -0.498.